The number of rotatable bonds is 10. The number of aromatic amines is 1. The van der Waals surface area contributed by atoms with Crippen molar-refractivity contribution in [1.29, 1.82) is 0 Å². The van der Waals surface area contributed by atoms with Crippen LogP contribution >= 0.6 is 0 Å². The molecule has 0 atom stereocenters. The molecule has 35 heavy (non-hydrogen) atoms. The van der Waals surface area contributed by atoms with Crippen LogP contribution in [0.1, 0.15) is 43.2 Å². The normalized spacial score (nSPS) is 10.8. The Morgan fingerprint density at radius 3 is 2.60 bits per heavy atom. The van der Waals surface area contributed by atoms with Gasteiger partial charge in [0.15, 0.2) is 17.3 Å². The van der Waals surface area contributed by atoms with Crippen molar-refractivity contribution in [1.82, 2.24) is 19.7 Å². The number of aromatic nitrogens is 4. The Labute approximate surface area is 201 Å². The highest BCUT2D eigenvalue weighted by Crippen LogP contribution is 2.29. The molecule has 182 valence electrons. The first kappa shape index (κ1) is 23.8. The molecular formula is C25H27N5O5. The molecule has 1 amide bonds. The molecule has 1 aromatic carbocycles. The zero-order chi connectivity index (χ0) is 24.8. The third-order valence-corrected chi connectivity index (χ3v) is 5.02. The zero-order valence-corrected chi connectivity index (χ0v) is 19.8. The molecule has 2 N–H and O–H groups in total. The number of nitrogens with one attached hydrogen (secondary N) is 2. The van der Waals surface area contributed by atoms with E-state index >= 15 is 0 Å². The second-order valence-corrected chi connectivity index (χ2v) is 7.60. The Morgan fingerprint density at radius 2 is 1.89 bits per heavy atom. The van der Waals surface area contributed by atoms with Crippen molar-refractivity contribution >= 4 is 11.7 Å². The van der Waals surface area contributed by atoms with Crippen LogP contribution in [0.2, 0.25) is 0 Å². The lowest BCUT2D eigenvalue weighted by Gasteiger charge is -2.13. The molecule has 10 heteroatoms. The Kier molecular flexibility index (Phi) is 7.30. The van der Waals surface area contributed by atoms with Gasteiger partial charge in [-0.15, -0.1) is 0 Å². The molecule has 0 saturated heterocycles. The molecule has 0 radical (unpaired) electrons. The molecule has 4 rings (SSSR count). The van der Waals surface area contributed by atoms with Crippen LogP contribution < -0.4 is 20.3 Å². The largest absolute Gasteiger partial charge is 0.490 e. The summed E-state index contributed by atoms with van der Waals surface area (Å²) in [6, 6.07) is 11.6. The first-order valence-electron chi connectivity index (χ1n) is 11.5. The molecule has 0 unspecified atom stereocenters. The standard InChI is InChI=1S/C25H27N5O5/c1-4-8-17-14-23(31)28-25(26-17)30-22(15-18(29-30)19-9-7-12-35-19)27-24(32)16-10-11-20(33-5-2)21(13-16)34-6-3/h7,9-15H,4-6,8H2,1-3H3,(H,27,32)(H,26,28,31). The van der Waals surface area contributed by atoms with Gasteiger partial charge >= 0.3 is 0 Å². The van der Waals surface area contributed by atoms with Gasteiger partial charge in [0.05, 0.1) is 19.5 Å². The number of H-pyrrole nitrogens is 1. The summed E-state index contributed by atoms with van der Waals surface area (Å²) in [7, 11) is 0. The molecule has 4 aromatic rings. The number of benzene rings is 1. The van der Waals surface area contributed by atoms with Gasteiger partial charge in [0, 0.05) is 23.4 Å². The van der Waals surface area contributed by atoms with Crippen LogP contribution in [0.3, 0.4) is 0 Å². The lowest BCUT2D eigenvalue weighted by Crippen LogP contribution is -2.19. The molecule has 3 heterocycles. The van der Waals surface area contributed by atoms with Crippen molar-refractivity contribution in [2.24, 2.45) is 0 Å². The summed E-state index contributed by atoms with van der Waals surface area (Å²) in [6.07, 6.45) is 3.00. The highest BCUT2D eigenvalue weighted by atomic mass is 16.5. The molecule has 0 spiro atoms. The average Bonchev–Trinajstić information content (AvgIpc) is 3.50. The fraction of sp³-hybridized carbons (Fsp3) is 0.280. The van der Waals surface area contributed by atoms with Crippen LogP contribution in [0.15, 0.2) is 57.9 Å². The molecule has 0 aliphatic rings. The Bertz CT molecular complexity index is 1360. The molecule has 10 nitrogen and oxygen atoms in total. The average molecular weight is 478 g/mol. The van der Waals surface area contributed by atoms with E-state index in [1.165, 1.54) is 17.0 Å². The fourth-order valence-corrected chi connectivity index (χ4v) is 3.54. The lowest BCUT2D eigenvalue weighted by atomic mass is 10.2. The fourth-order valence-electron chi connectivity index (χ4n) is 3.54. The number of nitrogens with zero attached hydrogens (tertiary/aromatic N) is 3. The maximum Gasteiger partial charge on any atom is 0.256 e. The minimum atomic E-state index is -0.395. The minimum Gasteiger partial charge on any atom is -0.490 e. The topological polar surface area (TPSA) is 124 Å². The number of anilines is 1. The summed E-state index contributed by atoms with van der Waals surface area (Å²) in [4.78, 5) is 32.7. The van der Waals surface area contributed by atoms with E-state index in [-0.39, 0.29) is 11.5 Å². The number of hydrogen-bond acceptors (Lipinski definition) is 7. The second kappa shape index (κ2) is 10.7. The third-order valence-electron chi connectivity index (χ3n) is 5.02. The number of carbonyl (C=O) groups excluding carboxylic acids is 1. The molecular weight excluding hydrogens is 450 g/mol. The Morgan fingerprint density at radius 1 is 1.09 bits per heavy atom. The summed E-state index contributed by atoms with van der Waals surface area (Å²) in [6.45, 7) is 6.64. The van der Waals surface area contributed by atoms with E-state index in [0.29, 0.717) is 59.7 Å². The molecule has 0 bridgehead atoms. The van der Waals surface area contributed by atoms with E-state index in [4.69, 9.17) is 13.9 Å². The molecule has 3 aromatic heterocycles. The lowest BCUT2D eigenvalue weighted by molar-refractivity contribution is 0.102. The first-order chi connectivity index (χ1) is 17.0. The van der Waals surface area contributed by atoms with Gasteiger partial charge in [0.2, 0.25) is 5.95 Å². The third kappa shape index (κ3) is 5.43. The zero-order valence-electron chi connectivity index (χ0n) is 19.8. The second-order valence-electron chi connectivity index (χ2n) is 7.60. The Balaban J connectivity index is 1.72. The summed E-state index contributed by atoms with van der Waals surface area (Å²) < 4.78 is 18.1. The first-order valence-corrected chi connectivity index (χ1v) is 11.5. The van der Waals surface area contributed by atoms with Crippen molar-refractivity contribution < 1.29 is 18.7 Å². The van der Waals surface area contributed by atoms with Crippen molar-refractivity contribution in [2.75, 3.05) is 18.5 Å². The summed E-state index contributed by atoms with van der Waals surface area (Å²) in [5.74, 6) is 1.65. The maximum atomic E-state index is 13.2. The summed E-state index contributed by atoms with van der Waals surface area (Å²) in [5, 5.41) is 7.39. The molecule has 0 fully saturated rings. The van der Waals surface area contributed by atoms with Gasteiger partial charge in [-0.3, -0.25) is 14.6 Å². The SMILES string of the molecule is CCCc1cc(=O)[nH]c(-n2nc(-c3ccco3)cc2NC(=O)c2ccc(OCC)c(OCC)c2)n1. The van der Waals surface area contributed by atoms with Gasteiger partial charge < -0.3 is 19.2 Å². The number of aryl methyl sites for hydroxylation is 1. The number of carbonyl (C=O) groups is 1. The van der Waals surface area contributed by atoms with E-state index in [1.54, 1.807) is 36.4 Å². The predicted molar refractivity (Wildman–Crippen MR) is 130 cm³/mol. The van der Waals surface area contributed by atoms with Crippen LogP contribution in [0.5, 0.6) is 11.5 Å². The van der Waals surface area contributed by atoms with Gasteiger partial charge in [-0.25, -0.2) is 4.98 Å². The molecule has 0 aliphatic carbocycles. The summed E-state index contributed by atoms with van der Waals surface area (Å²) in [5.41, 5.74) is 1.16. The van der Waals surface area contributed by atoms with Crippen molar-refractivity contribution in [2.45, 2.75) is 33.6 Å². The van der Waals surface area contributed by atoms with E-state index in [2.05, 4.69) is 20.4 Å². The summed E-state index contributed by atoms with van der Waals surface area (Å²) >= 11 is 0. The van der Waals surface area contributed by atoms with Crippen LogP contribution in [0, 0.1) is 0 Å². The van der Waals surface area contributed by atoms with Crippen LogP contribution in [-0.4, -0.2) is 38.9 Å². The quantitative estimate of drug-likeness (QED) is 0.350. The van der Waals surface area contributed by atoms with Gasteiger partial charge in [-0.05, 0) is 50.6 Å². The predicted octanol–water partition coefficient (Wildman–Crippen LogP) is 4.22. The number of furan rings is 1. The minimum absolute atomic E-state index is 0.191. The van der Waals surface area contributed by atoms with Crippen LogP contribution in [-0.2, 0) is 6.42 Å². The Hall–Kier alpha value is -4.34. The van der Waals surface area contributed by atoms with Crippen molar-refractivity contribution in [3.63, 3.8) is 0 Å². The van der Waals surface area contributed by atoms with E-state index < -0.39 is 5.91 Å². The number of amides is 1. The highest BCUT2D eigenvalue weighted by molar-refractivity contribution is 6.04. The van der Waals surface area contributed by atoms with Crippen LogP contribution in [0.4, 0.5) is 5.82 Å². The van der Waals surface area contributed by atoms with Crippen LogP contribution in [0.25, 0.3) is 17.4 Å². The molecule has 0 saturated carbocycles. The van der Waals surface area contributed by atoms with Gasteiger partial charge in [0.25, 0.3) is 11.5 Å². The maximum absolute atomic E-state index is 13.2. The van der Waals surface area contributed by atoms with E-state index in [0.717, 1.165) is 6.42 Å². The smallest absolute Gasteiger partial charge is 0.256 e. The van der Waals surface area contributed by atoms with E-state index in [9.17, 15) is 9.59 Å². The molecule has 0 aliphatic heterocycles. The van der Waals surface area contributed by atoms with Gasteiger partial charge in [-0.2, -0.15) is 9.78 Å². The van der Waals surface area contributed by atoms with Gasteiger partial charge in [-0.1, -0.05) is 13.3 Å². The highest BCUT2D eigenvalue weighted by Gasteiger charge is 2.19. The number of hydrogen-bond donors (Lipinski definition) is 2. The van der Waals surface area contributed by atoms with Crippen molar-refractivity contribution in [3.05, 3.63) is 70.3 Å². The van der Waals surface area contributed by atoms with Gasteiger partial charge in [0.1, 0.15) is 11.5 Å². The monoisotopic (exact) mass is 477 g/mol. The number of ether oxygens (including phenoxy) is 2. The van der Waals surface area contributed by atoms with E-state index in [1.807, 2.05) is 20.8 Å². The van der Waals surface area contributed by atoms with Crippen molar-refractivity contribution in [3.8, 4) is 28.9 Å².